The Morgan fingerprint density at radius 3 is 2.62 bits per heavy atom. The third-order valence-electron chi connectivity index (χ3n) is 2.28. The zero-order valence-corrected chi connectivity index (χ0v) is 9.22. The average Bonchev–Trinajstić information content (AvgIpc) is 2.30. The van der Waals surface area contributed by atoms with Crippen LogP contribution in [0.25, 0.3) is 0 Å². The van der Waals surface area contributed by atoms with Crippen LogP contribution in [0.1, 0.15) is 17.3 Å². The van der Waals surface area contributed by atoms with Gasteiger partial charge in [-0.1, -0.05) is 17.7 Å². The molecule has 5 heteroatoms. The van der Waals surface area contributed by atoms with Gasteiger partial charge in [-0.25, -0.2) is 4.98 Å². The molecule has 2 rings (SSSR count). The molecule has 16 heavy (non-hydrogen) atoms. The number of nitrogens with two attached hydrogens (primary N) is 2. The van der Waals surface area contributed by atoms with Crippen molar-refractivity contribution in [1.29, 1.82) is 0 Å². The van der Waals surface area contributed by atoms with Crippen LogP contribution in [0.5, 0.6) is 0 Å². The van der Waals surface area contributed by atoms with Crippen LogP contribution in [0.3, 0.4) is 0 Å². The van der Waals surface area contributed by atoms with E-state index in [4.69, 9.17) is 23.1 Å². The number of nitrogen functional groups attached to an aromatic ring is 1. The zero-order chi connectivity index (χ0) is 11.5. The maximum atomic E-state index is 6.04. The molecular weight excluding hydrogens is 224 g/mol. The highest BCUT2D eigenvalue weighted by molar-refractivity contribution is 6.30. The van der Waals surface area contributed by atoms with Gasteiger partial charge in [-0.05, 0) is 18.2 Å². The number of nitrogens with zero attached hydrogens (tertiary/aromatic N) is 2. The van der Waals surface area contributed by atoms with Gasteiger partial charge in [-0.3, -0.25) is 4.98 Å². The number of aromatic nitrogens is 2. The van der Waals surface area contributed by atoms with E-state index in [1.54, 1.807) is 30.6 Å². The van der Waals surface area contributed by atoms with Gasteiger partial charge >= 0.3 is 0 Å². The van der Waals surface area contributed by atoms with Crippen LogP contribution in [-0.2, 0) is 0 Å². The molecule has 0 spiro atoms. The first-order valence-corrected chi connectivity index (χ1v) is 5.13. The number of pyridine rings is 2. The molecule has 0 bridgehead atoms. The minimum Gasteiger partial charge on any atom is -0.383 e. The van der Waals surface area contributed by atoms with Gasteiger partial charge in [0.25, 0.3) is 0 Å². The molecule has 0 amide bonds. The predicted octanol–water partition coefficient (Wildman–Crippen LogP) is 1.76. The Bertz CT molecular complexity index is 484. The normalized spacial score (nSPS) is 12.4. The van der Waals surface area contributed by atoms with Crippen molar-refractivity contribution in [3.05, 3.63) is 52.9 Å². The largest absolute Gasteiger partial charge is 0.383 e. The molecular formula is C11H11ClN4. The Balaban J connectivity index is 2.35. The van der Waals surface area contributed by atoms with Gasteiger partial charge < -0.3 is 11.5 Å². The van der Waals surface area contributed by atoms with E-state index in [1.807, 2.05) is 6.07 Å². The summed E-state index contributed by atoms with van der Waals surface area (Å²) >= 11 is 5.75. The molecule has 4 nitrogen and oxygen atoms in total. The first-order chi connectivity index (χ1) is 7.68. The number of rotatable bonds is 2. The van der Waals surface area contributed by atoms with Crippen LogP contribution >= 0.6 is 11.6 Å². The molecule has 82 valence electrons. The summed E-state index contributed by atoms with van der Waals surface area (Å²) in [5, 5.41) is 0.579. The second-order valence-electron chi connectivity index (χ2n) is 3.36. The Kier molecular flexibility index (Phi) is 3.03. The van der Waals surface area contributed by atoms with Crippen molar-refractivity contribution in [2.24, 2.45) is 5.73 Å². The fraction of sp³-hybridized carbons (Fsp3) is 0.0909. The minimum absolute atomic E-state index is 0.383. The lowest BCUT2D eigenvalue weighted by Crippen LogP contribution is -2.15. The minimum atomic E-state index is -0.383. The van der Waals surface area contributed by atoms with Crippen LogP contribution in [0.4, 0.5) is 5.82 Å². The summed E-state index contributed by atoms with van der Waals surface area (Å²) in [4.78, 5) is 8.14. The Morgan fingerprint density at radius 2 is 2.00 bits per heavy atom. The molecule has 0 aliphatic heterocycles. The van der Waals surface area contributed by atoms with E-state index in [2.05, 4.69) is 9.97 Å². The maximum Gasteiger partial charge on any atom is 0.128 e. The number of halogens is 1. The smallest absolute Gasteiger partial charge is 0.128 e. The van der Waals surface area contributed by atoms with E-state index in [-0.39, 0.29) is 6.04 Å². The fourth-order valence-electron chi connectivity index (χ4n) is 1.42. The van der Waals surface area contributed by atoms with Crippen molar-refractivity contribution in [3.8, 4) is 0 Å². The van der Waals surface area contributed by atoms with Gasteiger partial charge in [0.15, 0.2) is 0 Å². The second-order valence-corrected chi connectivity index (χ2v) is 3.79. The van der Waals surface area contributed by atoms with E-state index in [0.717, 1.165) is 5.56 Å². The van der Waals surface area contributed by atoms with Gasteiger partial charge in [-0.2, -0.15) is 0 Å². The van der Waals surface area contributed by atoms with Crippen molar-refractivity contribution < 1.29 is 0 Å². The number of hydrogen-bond acceptors (Lipinski definition) is 4. The van der Waals surface area contributed by atoms with Crippen LogP contribution in [0, 0.1) is 0 Å². The van der Waals surface area contributed by atoms with Gasteiger partial charge in [0.05, 0.1) is 16.8 Å². The Morgan fingerprint density at radius 1 is 1.19 bits per heavy atom. The average molecular weight is 235 g/mol. The van der Waals surface area contributed by atoms with Gasteiger partial charge in [-0.15, -0.1) is 0 Å². The lowest BCUT2D eigenvalue weighted by molar-refractivity contribution is 0.826. The lowest BCUT2D eigenvalue weighted by atomic mass is 10.1. The lowest BCUT2D eigenvalue weighted by Gasteiger charge is -2.12. The topological polar surface area (TPSA) is 77.8 Å². The summed E-state index contributed by atoms with van der Waals surface area (Å²) in [5.74, 6) is 0.423. The molecule has 0 fully saturated rings. The summed E-state index contributed by atoms with van der Waals surface area (Å²) in [6.07, 6.45) is 3.18. The van der Waals surface area contributed by atoms with Crippen molar-refractivity contribution in [2.75, 3.05) is 5.73 Å². The maximum absolute atomic E-state index is 6.04. The van der Waals surface area contributed by atoms with E-state index in [9.17, 15) is 0 Å². The summed E-state index contributed by atoms with van der Waals surface area (Å²) in [6, 6.07) is 6.77. The molecule has 1 atom stereocenters. The molecule has 2 aromatic rings. The molecule has 0 aromatic carbocycles. The quantitative estimate of drug-likeness (QED) is 0.830. The molecule has 0 aliphatic rings. The van der Waals surface area contributed by atoms with Crippen LogP contribution in [0.15, 0.2) is 36.7 Å². The third kappa shape index (κ3) is 2.13. The van der Waals surface area contributed by atoms with Gasteiger partial charge in [0.1, 0.15) is 5.82 Å². The first-order valence-electron chi connectivity index (χ1n) is 4.76. The Labute approximate surface area is 98.3 Å². The third-order valence-corrected chi connectivity index (χ3v) is 2.50. The monoisotopic (exact) mass is 234 g/mol. The fourth-order valence-corrected chi connectivity index (χ4v) is 1.54. The van der Waals surface area contributed by atoms with E-state index in [1.165, 1.54) is 0 Å². The molecule has 2 aromatic heterocycles. The summed E-state index contributed by atoms with van der Waals surface area (Å²) in [6.45, 7) is 0. The van der Waals surface area contributed by atoms with E-state index in [0.29, 0.717) is 16.5 Å². The molecule has 1 unspecified atom stereocenters. The molecule has 4 N–H and O–H groups in total. The number of hydrogen-bond donors (Lipinski definition) is 2. The molecule has 2 heterocycles. The summed E-state index contributed by atoms with van der Waals surface area (Å²) in [5.41, 5.74) is 13.3. The van der Waals surface area contributed by atoms with Crippen molar-refractivity contribution >= 4 is 17.4 Å². The van der Waals surface area contributed by atoms with E-state index >= 15 is 0 Å². The highest BCUT2D eigenvalue weighted by Crippen LogP contribution is 2.22. The molecule has 0 saturated carbocycles. The van der Waals surface area contributed by atoms with Gasteiger partial charge in [0.2, 0.25) is 0 Å². The van der Waals surface area contributed by atoms with Gasteiger partial charge in [0, 0.05) is 18.0 Å². The van der Waals surface area contributed by atoms with Crippen LogP contribution in [0.2, 0.25) is 5.02 Å². The van der Waals surface area contributed by atoms with Crippen LogP contribution < -0.4 is 11.5 Å². The first kappa shape index (κ1) is 10.9. The van der Waals surface area contributed by atoms with Crippen LogP contribution in [-0.4, -0.2) is 9.97 Å². The SMILES string of the molecule is Nc1ncccc1C(N)c1ccc(Cl)cn1. The zero-order valence-electron chi connectivity index (χ0n) is 8.47. The standard InChI is InChI=1S/C11H11ClN4/c12-7-3-4-9(16-6-7)10(13)8-2-1-5-15-11(8)14/h1-6,10H,13H2,(H2,14,15). The second kappa shape index (κ2) is 4.47. The predicted molar refractivity (Wildman–Crippen MR) is 63.9 cm³/mol. The summed E-state index contributed by atoms with van der Waals surface area (Å²) < 4.78 is 0. The van der Waals surface area contributed by atoms with E-state index < -0.39 is 0 Å². The van der Waals surface area contributed by atoms with Crippen molar-refractivity contribution in [2.45, 2.75) is 6.04 Å². The molecule has 0 saturated heterocycles. The van der Waals surface area contributed by atoms with Crippen molar-refractivity contribution in [3.63, 3.8) is 0 Å². The number of anilines is 1. The summed E-state index contributed by atoms with van der Waals surface area (Å²) in [7, 11) is 0. The highest BCUT2D eigenvalue weighted by atomic mass is 35.5. The highest BCUT2D eigenvalue weighted by Gasteiger charge is 2.13. The molecule has 0 radical (unpaired) electrons. The molecule has 0 aliphatic carbocycles. The van der Waals surface area contributed by atoms with Crippen molar-refractivity contribution in [1.82, 2.24) is 9.97 Å². The Hall–Kier alpha value is -1.65.